The molecular formula is C11H10O3S. The number of hydrogen-bond donors (Lipinski definition) is 1. The third kappa shape index (κ3) is 1.57. The van der Waals surface area contributed by atoms with Gasteiger partial charge in [0.1, 0.15) is 5.75 Å². The number of hydrogen-bond acceptors (Lipinski definition) is 4. The van der Waals surface area contributed by atoms with Crippen molar-refractivity contribution in [2.24, 2.45) is 0 Å². The highest BCUT2D eigenvalue weighted by atomic mass is 32.1. The van der Waals surface area contributed by atoms with Crippen molar-refractivity contribution in [1.82, 2.24) is 0 Å². The lowest BCUT2D eigenvalue weighted by atomic mass is 10.2. The van der Waals surface area contributed by atoms with Gasteiger partial charge in [0.15, 0.2) is 4.88 Å². The van der Waals surface area contributed by atoms with E-state index in [9.17, 15) is 9.90 Å². The van der Waals surface area contributed by atoms with Gasteiger partial charge in [0.05, 0.1) is 7.11 Å². The van der Waals surface area contributed by atoms with Crippen LogP contribution < -0.4 is 0 Å². The molecule has 0 aliphatic carbocycles. The van der Waals surface area contributed by atoms with Crippen molar-refractivity contribution in [3.05, 3.63) is 28.6 Å². The Morgan fingerprint density at radius 1 is 1.47 bits per heavy atom. The summed E-state index contributed by atoms with van der Waals surface area (Å²) in [5, 5.41) is 10.5. The molecule has 3 nitrogen and oxygen atoms in total. The highest BCUT2D eigenvalue weighted by molar-refractivity contribution is 7.21. The van der Waals surface area contributed by atoms with Gasteiger partial charge in [-0.2, -0.15) is 0 Å². The number of carbonyl (C=O) groups is 1. The number of thiophene rings is 1. The molecule has 0 unspecified atom stereocenters. The van der Waals surface area contributed by atoms with Crippen LogP contribution in [0.4, 0.5) is 0 Å². The minimum Gasteiger partial charge on any atom is -0.505 e. The van der Waals surface area contributed by atoms with E-state index in [-0.39, 0.29) is 10.6 Å². The van der Waals surface area contributed by atoms with Crippen LogP contribution in [0.3, 0.4) is 0 Å². The second kappa shape index (κ2) is 3.55. The van der Waals surface area contributed by atoms with Crippen LogP contribution in [0.25, 0.3) is 10.1 Å². The number of aryl methyl sites for hydroxylation is 1. The number of aromatic hydroxyl groups is 1. The topological polar surface area (TPSA) is 46.5 Å². The molecular weight excluding hydrogens is 212 g/mol. The molecule has 0 atom stereocenters. The molecule has 78 valence electrons. The van der Waals surface area contributed by atoms with Crippen molar-refractivity contribution in [2.45, 2.75) is 6.92 Å². The number of ether oxygens (including phenoxy) is 1. The van der Waals surface area contributed by atoms with Crippen LogP contribution in [0.2, 0.25) is 0 Å². The predicted molar refractivity (Wildman–Crippen MR) is 59.6 cm³/mol. The Kier molecular flexibility index (Phi) is 2.36. The number of esters is 1. The lowest BCUT2D eigenvalue weighted by molar-refractivity contribution is 0.0603. The van der Waals surface area contributed by atoms with E-state index in [1.165, 1.54) is 18.4 Å². The first-order valence-electron chi connectivity index (χ1n) is 4.44. The second-order valence-electron chi connectivity index (χ2n) is 3.27. The third-order valence-corrected chi connectivity index (χ3v) is 3.33. The second-order valence-corrected chi connectivity index (χ2v) is 4.32. The maximum Gasteiger partial charge on any atom is 0.351 e. The Balaban J connectivity index is 2.69. The summed E-state index contributed by atoms with van der Waals surface area (Å²) in [5.41, 5.74) is 1.05. The van der Waals surface area contributed by atoms with E-state index in [0.29, 0.717) is 5.39 Å². The van der Waals surface area contributed by atoms with Crippen molar-refractivity contribution in [3.63, 3.8) is 0 Å². The number of carbonyl (C=O) groups excluding carboxylic acids is 1. The molecule has 1 aromatic heterocycles. The minimum absolute atomic E-state index is 0.0190. The maximum atomic E-state index is 11.3. The van der Waals surface area contributed by atoms with Crippen LogP contribution in [-0.2, 0) is 4.74 Å². The SMILES string of the molecule is COC(=O)c1sc2ccc(C)cc2c1O. The van der Waals surface area contributed by atoms with E-state index in [1.807, 2.05) is 25.1 Å². The van der Waals surface area contributed by atoms with Gasteiger partial charge < -0.3 is 9.84 Å². The van der Waals surface area contributed by atoms with E-state index >= 15 is 0 Å². The van der Waals surface area contributed by atoms with Gasteiger partial charge in [-0.15, -0.1) is 11.3 Å². The number of methoxy groups -OCH3 is 1. The van der Waals surface area contributed by atoms with E-state index in [4.69, 9.17) is 0 Å². The normalized spacial score (nSPS) is 10.5. The molecule has 0 aliphatic heterocycles. The fourth-order valence-corrected chi connectivity index (χ4v) is 2.42. The van der Waals surface area contributed by atoms with Crippen LogP contribution in [0.5, 0.6) is 5.75 Å². The van der Waals surface area contributed by atoms with Crippen LogP contribution >= 0.6 is 11.3 Å². The molecule has 15 heavy (non-hydrogen) atoms. The number of rotatable bonds is 1. The summed E-state index contributed by atoms with van der Waals surface area (Å²) >= 11 is 1.24. The molecule has 0 bridgehead atoms. The standard InChI is InChI=1S/C11H10O3S/c1-6-3-4-8-7(5-6)9(12)10(15-8)11(13)14-2/h3-5,12H,1-2H3. The molecule has 2 rings (SSSR count). The molecule has 0 fully saturated rings. The lowest BCUT2D eigenvalue weighted by Crippen LogP contribution is -1.97. The van der Waals surface area contributed by atoms with E-state index in [2.05, 4.69) is 4.74 Å². The zero-order valence-corrected chi connectivity index (χ0v) is 9.22. The fraction of sp³-hybridized carbons (Fsp3) is 0.182. The van der Waals surface area contributed by atoms with E-state index in [1.54, 1.807) is 0 Å². The average molecular weight is 222 g/mol. The quantitative estimate of drug-likeness (QED) is 0.754. The predicted octanol–water partition coefficient (Wildman–Crippen LogP) is 2.70. The Labute approximate surface area is 90.9 Å². The van der Waals surface area contributed by atoms with Crippen LogP contribution in [0.15, 0.2) is 18.2 Å². The van der Waals surface area contributed by atoms with Crippen molar-refractivity contribution in [3.8, 4) is 5.75 Å². The summed E-state index contributed by atoms with van der Waals surface area (Å²) in [4.78, 5) is 11.6. The lowest BCUT2D eigenvalue weighted by Gasteiger charge is -1.95. The summed E-state index contributed by atoms with van der Waals surface area (Å²) < 4.78 is 5.48. The first kappa shape index (κ1) is 9.98. The van der Waals surface area contributed by atoms with Crippen molar-refractivity contribution < 1.29 is 14.6 Å². The molecule has 0 radical (unpaired) electrons. The third-order valence-electron chi connectivity index (χ3n) is 2.19. The molecule has 0 amide bonds. The first-order chi connectivity index (χ1) is 7.13. The monoisotopic (exact) mass is 222 g/mol. The molecule has 0 saturated carbocycles. The van der Waals surface area contributed by atoms with Crippen molar-refractivity contribution >= 4 is 27.4 Å². The van der Waals surface area contributed by atoms with E-state index < -0.39 is 5.97 Å². The van der Waals surface area contributed by atoms with Crippen LogP contribution in [0.1, 0.15) is 15.2 Å². The van der Waals surface area contributed by atoms with Gasteiger partial charge in [-0.3, -0.25) is 0 Å². The van der Waals surface area contributed by atoms with Gasteiger partial charge in [0.25, 0.3) is 0 Å². The Hall–Kier alpha value is -1.55. The Morgan fingerprint density at radius 3 is 2.87 bits per heavy atom. The molecule has 4 heteroatoms. The average Bonchev–Trinajstić information content (AvgIpc) is 2.55. The minimum atomic E-state index is -0.494. The first-order valence-corrected chi connectivity index (χ1v) is 5.25. The number of fused-ring (bicyclic) bond motifs is 1. The zero-order valence-electron chi connectivity index (χ0n) is 8.40. The largest absolute Gasteiger partial charge is 0.505 e. The molecule has 1 aromatic carbocycles. The van der Waals surface area contributed by atoms with Crippen LogP contribution in [0, 0.1) is 6.92 Å². The summed E-state index contributed by atoms with van der Waals surface area (Å²) in [6, 6.07) is 5.69. The molecule has 0 spiro atoms. The zero-order chi connectivity index (χ0) is 11.0. The summed E-state index contributed by atoms with van der Waals surface area (Å²) in [6.07, 6.45) is 0. The smallest absolute Gasteiger partial charge is 0.351 e. The van der Waals surface area contributed by atoms with Crippen molar-refractivity contribution in [2.75, 3.05) is 7.11 Å². The van der Waals surface area contributed by atoms with Crippen molar-refractivity contribution in [1.29, 1.82) is 0 Å². The Bertz CT molecular complexity index is 528. The fourth-order valence-electron chi connectivity index (χ4n) is 1.43. The van der Waals surface area contributed by atoms with E-state index in [0.717, 1.165) is 10.3 Å². The van der Waals surface area contributed by atoms with Gasteiger partial charge in [0.2, 0.25) is 0 Å². The van der Waals surface area contributed by atoms with Gasteiger partial charge in [-0.1, -0.05) is 11.6 Å². The Morgan fingerprint density at radius 2 is 2.20 bits per heavy atom. The molecule has 0 aliphatic rings. The molecule has 1 heterocycles. The summed E-state index contributed by atoms with van der Waals surface area (Å²) in [5.74, 6) is -0.475. The molecule has 1 N–H and O–H groups in total. The highest BCUT2D eigenvalue weighted by Crippen LogP contribution is 2.37. The van der Waals surface area contributed by atoms with Crippen LogP contribution in [-0.4, -0.2) is 18.2 Å². The summed E-state index contributed by atoms with van der Waals surface area (Å²) in [6.45, 7) is 1.94. The van der Waals surface area contributed by atoms with Gasteiger partial charge in [-0.25, -0.2) is 4.79 Å². The maximum absolute atomic E-state index is 11.3. The molecule has 2 aromatic rings. The highest BCUT2D eigenvalue weighted by Gasteiger charge is 2.18. The van der Waals surface area contributed by atoms with Gasteiger partial charge >= 0.3 is 5.97 Å². The van der Waals surface area contributed by atoms with Gasteiger partial charge in [-0.05, 0) is 19.1 Å². The summed E-state index contributed by atoms with van der Waals surface area (Å²) in [7, 11) is 1.30. The van der Waals surface area contributed by atoms with Gasteiger partial charge in [0, 0.05) is 10.1 Å². The number of benzene rings is 1. The molecule has 0 saturated heterocycles.